The van der Waals surface area contributed by atoms with E-state index in [1.165, 1.54) is 0 Å². The van der Waals surface area contributed by atoms with Crippen molar-refractivity contribution in [1.82, 2.24) is 35.1 Å². The fourth-order valence-electron chi connectivity index (χ4n) is 3.14. The van der Waals surface area contributed by atoms with Gasteiger partial charge in [0.05, 0.1) is 17.1 Å². The summed E-state index contributed by atoms with van der Waals surface area (Å²) < 4.78 is 3.78. The van der Waals surface area contributed by atoms with Crippen molar-refractivity contribution >= 4 is 5.91 Å². The molecule has 8 heteroatoms. The van der Waals surface area contributed by atoms with Gasteiger partial charge in [-0.05, 0) is 46.2 Å². The maximum Gasteiger partial charge on any atom is 0.269 e. The molecule has 0 bridgehead atoms. The summed E-state index contributed by atoms with van der Waals surface area (Å²) in [6.45, 7) is 9.30. The highest BCUT2D eigenvalue weighted by molar-refractivity contribution is 5.93. The number of hydrogen-bond acceptors (Lipinski definition) is 4. The van der Waals surface area contributed by atoms with Crippen molar-refractivity contribution in [1.29, 1.82) is 0 Å². The van der Waals surface area contributed by atoms with E-state index in [9.17, 15) is 4.79 Å². The second-order valence-electron chi connectivity index (χ2n) is 6.60. The monoisotopic (exact) mass is 355 g/mol. The number of aromatic nitrogens is 6. The van der Waals surface area contributed by atoms with E-state index >= 15 is 0 Å². The minimum absolute atomic E-state index is 0.156. The molecule has 0 atom stereocenters. The van der Waals surface area contributed by atoms with Crippen LogP contribution in [0.5, 0.6) is 0 Å². The minimum atomic E-state index is -0.156. The second-order valence-corrected chi connectivity index (χ2v) is 6.60. The first kappa shape index (κ1) is 17.9. The van der Waals surface area contributed by atoms with Crippen LogP contribution >= 0.6 is 0 Å². The van der Waals surface area contributed by atoms with Crippen LogP contribution in [0.25, 0.3) is 11.3 Å². The lowest BCUT2D eigenvalue weighted by atomic mass is 10.1. The van der Waals surface area contributed by atoms with Gasteiger partial charge >= 0.3 is 0 Å². The van der Waals surface area contributed by atoms with Crippen LogP contribution in [0.1, 0.15) is 39.7 Å². The highest BCUT2D eigenvalue weighted by atomic mass is 16.1. The van der Waals surface area contributed by atoms with E-state index in [2.05, 4.69) is 25.7 Å². The van der Waals surface area contributed by atoms with Crippen LogP contribution in [0.4, 0.5) is 0 Å². The number of carbonyl (C=O) groups excluding carboxylic acids is 1. The highest BCUT2D eigenvalue weighted by Crippen LogP contribution is 2.25. The number of rotatable bonds is 6. The molecule has 1 amide bonds. The molecule has 0 fully saturated rings. The molecule has 0 aliphatic heterocycles. The van der Waals surface area contributed by atoms with Gasteiger partial charge in [0, 0.05) is 37.1 Å². The van der Waals surface area contributed by atoms with Gasteiger partial charge in [-0.1, -0.05) is 0 Å². The molecule has 0 aromatic carbocycles. The molecule has 3 heterocycles. The molecule has 138 valence electrons. The molecule has 0 saturated carbocycles. The maximum atomic E-state index is 12.3. The molecular weight excluding hydrogens is 330 g/mol. The SMILES string of the molecule is Cc1cc(C)n(CCCNC(=O)c2cc(-c3c(C)nn(C)c3C)n[nH]2)n1. The third kappa shape index (κ3) is 3.54. The van der Waals surface area contributed by atoms with Crippen LogP contribution in [0.3, 0.4) is 0 Å². The molecule has 0 radical (unpaired) electrons. The molecule has 0 spiro atoms. The van der Waals surface area contributed by atoms with Crippen LogP contribution in [-0.2, 0) is 13.6 Å². The van der Waals surface area contributed by atoms with Gasteiger partial charge in [-0.15, -0.1) is 0 Å². The zero-order valence-corrected chi connectivity index (χ0v) is 15.9. The summed E-state index contributed by atoms with van der Waals surface area (Å²) in [6, 6.07) is 3.82. The summed E-state index contributed by atoms with van der Waals surface area (Å²) in [7, 11) is 1.90. The summed E-state index contributed by atoms with van der Waals surface area (Å²) in [5.41, 5.74) is 6.22. The van der Waals surface area contributed by atoms with Crippen LogP contribution in [0, 0.1) is 27.7 Å². The average Bonchev–Trinajstić information content (AvgIpc) is 3.24. The van der Waals surface area contributed by atoms with Crippen molar-refractivity contribution in [3.8, 4) is 11.3 Å². The van der Waals surface area contributed by atoms with Gasteiger partial charge in [-0.2, -0.15) is 15.3 Å². The Hall–Kier alpha value is -2.90. The van der Waals surface area contributed by atoms with Crippen molar-refractivity contribution in [3.63, 3.8) is 0 Å². The minimum Gasteiger partial charge on any atom is -0.351 e. The van der Waals surface area contributed by atoms with E-state index in [1.807, 2.05) is 50.2 Å². The number of aromatic amines is 1. The van der Waals surface area contributed by atoms with Gasteiger partial charge < -0.3 is 5.32 Å². The number of nitrogens with zero attached hydrogens (tertiary/aromatic N) is 5. The first-order valence-electron chi connectivity index (χ1n) is 8.72. The zero-order valence-electron chi connectivity index (χ0n) is 15.9. The van der Waals surface area contributed by atoms with Crippen molar-refractivity contribution in [3.05, 3.63) is 40.6 Å². The molecule has 0 aliphatic carbocycles. The largest absolute Gasteiger partial charge is 0.351 e. The normalized spacial score (nSPS) is 11.1. The Balaban J connectivity index is 1.57. The highest BCUT2D eigenvalue weighted by Gasteiger charge is 2.17. The summed E-state index contributed by atoms with van der Waals surface area (Å²) in [5.74, 6) is -0.156. The fourth-order valence-corrected chi connectivity index (χ4v) is 3.14. The van der Waals surface area contributed by atoms with E-state index in [4.69, 9.17) is 0 Å². The molecule has 3 rings (SSSR count). The van der Waals surface area contributed by atoms with Gasteiger partial charge in [-0.25, -0.2) is 0 Å². The van der Waals surface area contributed by atoms with Gasteiger partial charge in [0.1, 0.15) is 5.69 Å². The number of aryl methyl sites for hydroxylation is 5. The first-order chi connectivity index (χ1) is 12.4. The lowest BCUT2D eigenvalue weighted by Gasteiger charge is -2.05. The second kappa shape index (κ2) is 7.15. The third-order valence-corrected chi connectivity index (χ3v) is 4.52. The summed E-state index contributed by atoms with van der Waals surface area (Å²) in [6.07, 6.45) is 0.815. The molecule has 8 nitrogen and oxygen atoms in total. The van der Waals surface area contributed by atoms with Crippen LogP contribution in [0.15, 0.2) is 12.1 Å². The van der Waals surface area contributed by atoms with Gasteiger partial charge in [0.15, 0.2) is 0 Å². The number of hydrogen-bond donors (Lipinski definition) is 2. The maximum absolute atomic E-state index is 12.3. The number of H-pyrrole nitrogens is 1. The Bertz CT molecular complexity index is 932. The Morgan fingerprint density at radius 2 is 1.96 bits per heavy atom. The third-order valence-electron chi connectivity index (χ3n) is 4.52. The Morgan fingerprint density at radius 1 is 1.19 bits per heavy atom. The zero-order chi connectivity index (χ0) is 18.8. The fraction of sp³-hybridized carbons (Fsp3) is 0.444. The van der Waals surface area contributed by atoms with Gasteiger partial charge in [0.2, 0.25) is 0 Å². The van der Waals surface area contributed by atoms with Gasteiger partial charge in [0.25, 0.3) is 5.91 Å². The molecule has 0 saturated heterocycles. The Kier molecular flexibility index (Phi) is 4.92. The molecule has 26 heavy (non-hydrogen) atoms. The van der Waals surface area contributed by atoms with E-state index in [-0.39, 0.29) is 5.91 Å². The lowest BCUT2D eigenvalue weighted by Crippen LogP contribution is -2.25. The van der Waals surface area contributed by atoms with E-state index in [1.54, 1.807) is 6.07 Å². The van der Waals surface area contributed by atoms with Crippen molar-refractivity contribution in [2.75, 3.05) is 6.54 Å². The predicted octanol–water partition coefficient (Wildman–Crippen LogP) is 2.06. The van der Waals surface area contributed by atoms with Crippen LogP contribution in [0.2, 0.25) is 0 Å². The van der Waals surface area contributed by atoms with E-state index < -0.39 is 0 Å². The molecule has 3 aromatic heterocycles. The summed E-state index contributed by atoms with van der Waals surface area (Å²) in [4.78, 5) is 12.3. The molecule has 0 unspecified atom stereocenters. The summed E-state index contributed by atoms with van der Waals surface area (Å²) >= 11 is 0. The van der Waals surface area contributed by atoms with Crippen molar-refractivity contribution in [2.45, 2.75) is 40.7 Å². The lowest BCUT2D eigenvalue weighted by molar-refractivity contribution is 0.0947. The van der Waals surface area contributed by atoms with E-state index in [0.717, 1.165) is 47.0 Å². The smallest absolute Gasteiger partial charge is 0.269 e. The molecule has 0 aliphatic rings. The van der Waals surface area contributed by atoms with Gasteiger partial charge in [-0.3, -0.25) is 19.3 Å². The van der Waals surface area contributed by atoms with E-state index in [0.29, 0.717) is 12.2 Å². The molecule has 2 N–H and O–H groups in total. The average molecular weight is 355 g/mol. The van der Waals surface area contributed by atoms with Crippen LogP contribution in [-0.4, -0.2) is 42.2 Å². The van der Waals surface area contributed by atoms with Crippen LogP contribution < -0.4 is 5.32 Å². The summed E-state index contributed by atoms with van der Waals surface area (Å²) in [5, 5.41) is 18.8. The number of amides is 1. The number of carbonyl (C=O) groups is 1. The predicted molar refractivity (Wildman–Crippen MR) is 98.9 cm³/mol. The standard InChI is InChI=1S/C18H25N7O/c1-11-9-12(2)25(22-11)8-6-7-19-18(26)16-10-15(20-21-16)17-13(3)23-24(5)14(17)4/h9-10H,6-8H2,1-5H3,(H,19,26)(H,20,21). The molecule has 3 aromatic rings. The molecular formula is C18H25N7O. The Labute approximate surface area is 152 Å². The topological polar surface area (TPSA) is 93.4 Å². The number of nitrogens with one attached hydrogen (secondary N) is 2. The first-order valence-corrected chi connectivity index (χ1v) is 8.72. The van der Waals surface area contributed by atoms with Crippen molar-refractivity contribution in [2.24, 2.45) is 7.05 Å². The Morgan fingerprint density at radius 3 is 2.58 bits per heavy atom. The quantitative estimate of drug-likeness (QED) is 0.662. The van der Waals surface area contributed by atoms with Crippen molar-refractivity contribution < 1.29 is 4.79 Å².